The Morgan fingerprint density at radius 1 is 1.37 bits per heavy atom. The summed E-state index contributed by atoms with van der Waals surface area (Å²) in [4.78, 5) is 15.8. The van der Waals surface area contributed by atoms with Crippen LogP contribution in [-0.2, 0) is 6.54 Å². The number of carbonyl (C=O) groups excluding carboxylic acids is 1. The van der Waals surface area contributed by atoms with Crippen molar-refractivity contribution in [3.05, 3.63) is 52.6 Å². The van der Waals surface area contributed by atoms with Gasteiger partial charge in [0.1, 0.15) is 12.1 Å². The molecule has 5 nitrogen and oxygen atoms in total. The highest BCUT2D eigenvalue weighted by atomic mass is 35.5. The summed E-state index contributed by atoms with van der Waals surface area (Å²) in [6, 6.07) is 10.2. The normalized spacial score (nSPS) is 9.63. The molecule has 1 aromatic heterocycles. The van der Waals surface area contributed by atoms with E-state index in [9.17, 15) is 4.79 Å². The van der Waals surface area contributed by atoms with Crippen molar-refractivity contribution in [3.63, 3.8) is 0 Å². The highest BCUT2D eigenvalue weighted by Gasteiger charge is 2.14. The second kappa shape index (κ2) is 5.34. The first-order valence-electron chi connectivity index (χ1n) is 5.30. The van der Waals surface area contributed by atoms with Gasteiger partial charge in [0.2, 0.25) is 0 Å². The highest BCUT2D eigenvalue weighted by molar-refractivity contribution is 6.31. The summed E-state index contributed by atoms with van der Waals surface area (Å²) in [7, 11) is 0. The average Bonchev–Trinajstić information content (AvgIpc) is 2.80. The number of ketones is 1. The molecular formula is C13H7ClN4O. The summed E-state index contributed by atoms with van der Waals surface area (Å²) in [5.41, 5.74) is 0.544. The van der Waals surface area contributed by atoms with Crippen LogP contribution < -0.4 is 0 Å². The number of nitrogens with zero attached hydrogens (tertiary/aromatic N) is 4. The molecule has 0 fully saturated rings. The van der Waals surface area contributed by atoms with Crippen LogP contribution in [-0.4, -0.2) is 15.3 Å². The lowest BCUT2D eigenvalue weighted by molar-refractivity contribution is 0.0972. The number of hydrogen-bond donors (Lipinski definition) is 0. The molecular weight excluding hydrogens is 264 g/mol. The van der Waals surface area contributed by atoms with Crippen molar-refractivity contribution >= 4 is 17.4 Å². The van der Waals surface area contributed by atoms with Gasteiger partial charge >= 0.3 is 0 Å². The first-order valence-corrected chi connectivity index (χ1v) is 5.67. The number of hydrogen-bond acceptors (Lipinski definition) is 4. The Balaban J connectivity index is 2.28. The molecule has 0 bridgehead atoms. The molecule has 0 unspecified atom stereocenters. The third-order valence-corrected chi connectivity index (χ3v) is 2.75. The molecule has 92 valence electrons. The Bertz CT molecular complexity index is 721. The van der Waals surface area contributed by atoms with E-state index >= 15 is 0 Å². The van der Waals surface area contributed by atoms with Crippen LogP contribution in [0, 0.1) is 22.7 Å². The number of nitriles is 2. The van der Waals surface area contributed by atoms with Gasteiger partial charge in [-0.2, -0.15) is 10.5 Å². The maximum Gasteiger partial charge on any atom is 0.182 e. The second-order valence-electron chi connectivity index (χ2n) is 3.73. The lowest BCUT2D eigenvalue weighted by Crippen LogP contribution is -2.11. The van der Waals surface area contributed by atoms with E-state index in [1.165, 1.54) is 10.9 Å². The Morgan fingerprint density at radius 2 is 2.16 bits per heavy atom. The largest absolute Gasteiger partial charge is 0.313 e. The molecule has 0 saturated heterocycles. The second-order valence-corrected chi connectivity index (χ2v) is 4.16. The van der Waals surface area contributed by atoms with Gasteiger partial charge in [0.15, 0.2) is 17.2 Å². The molecule has 0 aliphatic heterocycles. The zero-order valence-electron chi connectivity index (χ0n) is 9.67. The van der Waals surface area contributed by atoms with Gasteiger partial charge in [0.25, 0.3) is 0 Å². The smallest absolute Gasteiger partial charge is 0.182 e. The third kappa shape index (κ3) is 2.62. The molecule has 2 rings (SSSR count). The zero-order chi connectivity index (χ0) is 13.8. The monoisotopic (exact) mass is 270 g/mol. The molecule has 2 aromatic rings. The van der Waals surface area contributed by atoms with Crippen molar-refractivity contribution in [1.82, 2.24) is 9.55 Å². The molecule has 19 heavy (non-hydrogen) atoms. The van der Waals surface area contributed by atoms with Gasteiger partial charge in [-0.15, -0.1) is 0 Å². The van der Waals surface area contributed by atoms with E-state index in [1.807, 2.05) is 6.07 Å². The Kier molecular flexibility index (Phi) is 3.61. The first-order chi connectivity index (χ1) is 9.15. The van der Waals surface area contributed by atoms with Gasteiger partial charge in [0, 0.05) is 10.6 Å². The number of imidazole rings is 1. The molecule has 0 aliphatic carbocycles. The molecule has 0 aliphatic rings. The van der Waals surface area contributed by atoms with Gasteiger partial charge in [-0.25, -0.2) is 4.98 Å². The molecule has 0 N–H and O–H groups in total. The number of halogens is 1. The molecule has 0 amide bonds. The Morgan fingerprint density at radius 3 is 2.79 bits per heavy atom. The lowest BCUT2D eigenvalue weighted by atomic mass is 10.1. The highest BCUT2D eigenvalue weighted by Crippen LogP contribution is 2.13. The molecule has 0 radical (unpaired) electrons. The Labute approximate surface area is 114 Å². The number of carbonyl (C=O) groups is 1. The van der Waals surface area contributed by atoms with Crippen molar-refractivity contribution in [2.24, 2.45) is 0 Å². The van der Waals surface area contributed by atoms with Crippen LogP contribution >= 0.6 is 11.6 Å². The van der Waals surface area contributed by atoms with Crippen LogP contribution in [0.4, 0.5) is 0 Å². The number of Topliss-reactive ketones (excluding diaryl/α,β-unsaturated/α-hetero) is 1. The van der Waals surface area contributed by atoms with Crippen LogP contribution in [0.15, 0.2) is 30.6 Å². The van der Waals surface area contributed by atoms with Crippen molar-refractivity contribution in [2.75, 3.05) is 0 Å². The van der Waals surface area contributed by atoms with Crippen molar-refractivity contribution in [1.29, 1.82) is 10.5 Å². The molecule has 0 atom stereocenters. The molecule has 0 saturated carbocycles. The van der Waals surface area contributed by atoms with Crippen LogP contribution in [0.3, 0.4) is 0 Å². The van der Waals surface area contributed by atoms with Gasteiger partial charge in [-0.3, -0.25) is 4.79 Å². The van der Waals surface area contributed by atoms with E-state index in [2.05, 4.69) is 4.98 Å². The van der Waals surface area contributed by atoms with E-state index in [-0.39, 0.29) is 23.7 Å². The zero-order valence-corrected chi connectivity index (χ0v) is 10.4. The first kappa shape index (κ1) is 12.8. The van der Waals surface area contributed by atoms with Gasteiger partial charge in [-0.05, 0) is 12.1 Å². The minimum absolute atomic E-state index is 0.0152. The summed E-state index contributed by atoms with van der Waals surface area (Å²) in [6.07, 6.45) is 1.31. The fourth-order valence-corrected chi connectivity index (χ4v) is 1.80. The van der Waals surface area contributed by atoms with Gasteiger partial charge in [0.05, 0.1) is 12.9 Å². The van der Waals surface area contributed by atoms with Crippen LogP contribution in [0.2, 0.25) is 5.02 Å². The van der Waals surface area contributed by atoms with Gasteiger partial charge in [-0.1, -0.05) is 23.7 Å². The number of benzene rings is 1. The summed E-state index contributed by atoms with van der Waals surface area (Å²) >= 11 is 5.81. The van der Waals surface area contributed by atoms with E-state index in [4.69, 9.17) is 22.1 Å². The maximum atomic E-state index is 12.0. The predicted octanol–water partition coefficient (Wildman–Crippen LogP) is 2.16. The summed E-state index contributed by atoms with van der Waals surface area (Å²) in [5.74, 6) is -0.208. The minimum atomic E-state index is -0.208. The van der Waals surface area contributed by atoms with Crippen LogP contribution in [0.1, 0.15) is 21.7 Å². The molecule has 0 spiro atoms. The fraction of sp³-hybridized carbons (Fsp3) is 0.0769. The van der Waals surface area contributed by atoms with E-state index in [0.29, 0.717) is 10.6 Å². The average molecular weight is 271 g/mol. The SMILES string of the molecule is N#Cc1ncn(CC(=O)c2cccc(Cl)c2)c1C#N. The van der Waals surface area contributed by atoms with Gasteiger partial charge < -0.3 is 4.57 Å². The Hall–Kier alpha value is -2.63. The number of rotatable bonds is 3. The summed E-state index contributed by atoms with van der Waals surface area (Å²) in [6.45, 7) is -0.0576. The number of aromatic nitrogens is 2. The van der Waals surface area contributed by atoms with Crippen molar-refractivity contribution in [3.8, 4) is 12.1 Å². The molecule has 1 heterocycles. The third-order valence-electron chi connectivity index (χ3n) is 2.51. The van der Waals surface area contributed by atoms with E-state index in [0.717, 1.165) is 0 Å². The quantitative estimate of drug-likeness (QED) is 0.800. The molecule has 1 aromatic carbocycles. The standard InChI is InChI=1S/C13H7ClN4O/c14-10-3-1-2-9(4-10)13(19)7-18-8-17-11(5-15)12(18)6-16/h1-4,8H,7H2. The fourth-order valence-electron chi connectivity index (χ4n) is 1.61. The van der Waals surface area contributed by atoms with E-state index in [1.54, 1.807) is 30.3 Å². The maximum absolute atomic E-state index is 12.0. The molecule has 6 heteroatoms. The van der Waals surface area contributed by atoms with E-state index < -0.39 is 0 Å². The van der Waals surface area contributed by atoms with Crippen LogP contribution in [0.25, 0.3) is 0 Å². The topological polar surface area (TPSA) is 82.5 Å². The lowest BCUT2D eigenvalue weighted by Gasteiger charge is -2.03. The van der Waals surface area contributed by atoms with Crippen molar-refractivity contribution < 1.29 is 4.79 Å². The summed E-state index contributed by atoms with van der Waals surface area (Å²) < 4.78 is 1.35. The van der Waals surface area contributed by atoms with Crippen molar-refractivity contribution in [2.45, 2.75) is 6.54 Å². The minimum Gasteiger partial charge on any atom is -0.313 e. The van der Waals surface area contributed by atoms with Crippen LogP contribution in [0.5, 0.6) is 0 Å². The summed E-state index contributed by atoms with van der Waals surface area (Å²) in [5, 5.41) is 18.2. The predicted molar refractivity (Wildman–Crippen MR) is 67.4 cm³/mol.